The van der Waals surface area contributed by atoms with Crippen molar-refractivity contribution in [2.75, 3.05) is 0 Å². The summed E-state index contributed by atoms with van der Waals surface area (Å²) in [6.07, 6.45) is 4.01. The summed E-state index contributed by atoms with van der Waals surface area (Å²) in [5.41, 5.74) is 5.71. The summed E-state index contributed by atoms with van der Waals surface area (Å²) in [4.78, 5) is 15.9. The second-order valence-corrected chi connectivity index (χ2v) is 7.44. The van der Waals surface area contributed by atoms with Crippen LogP contribution in [-0.4, -0.2) is 25.8 Å². The van der Waals surface area contributed by atoms with E-state index in [1.165, 1.54) is 11.8 Å². The number of benzene rings is 2. The highest BCUT2D eigenvalue weighted by atomic mass is 16.5. The van der Waals surface area contributed by atoms with Gasteiger partial charge in [0.1, 0.15) is 11.5 Å². The number of carboxylic acid groups (broad SMARTS) is 1. The van der Waals surface area contributed by atoms with Crippen LogP contribution in [0.25, 0.3) is 22.6 Å². The number of carboxylic acids is 1. The van der Waals surface area contributed by atoms with E-state index < -0.39 is 5.97 Å². The average molecular weight is 397 g/mol. The number of carbonyl (C=O) groups is 1. The fourth-order valence-corrected chi connectivity index (χ4v) is 3.94. The van der Waals surface area contributed by atoms with Crippen molar-refractivity contribution in [3.05, 3.63) is 82.8 Å². The lowest BCUT2D eigenvalue weighted by Gasteiger charge is -2.07. The molecule has 0 atom stereocenters. The molecule has 2 heterocycles. The van der Waals surface area contributed by atoms with Crippen LogP contribution in [0.5, 0.6) is 11.5 Å². The Kier molecular flexibility index (Phi) is 4.13. The Morgan fingerprint density at radius 3 is 2.63 bits per heavy atom. The number of fused-ring (bicyclic) bond motifs is 2. The summed E-state index contributed by atoms with van der Waals surface area (Å²) < 4.78 is 7.80. The maximum absolute atomic E-state index is 11.6. The lowest BCUT2D eigenvalue weighted by Crippen LogP contribution is -2.04. The van der Waals surface area contributed by atoms with Gasteiger partial charge >= 0.3 is 5.97 Å². The van der Waals surface area contributed by atoms with Gasteiger partial charge in [-0.1, -0.05) is 17.7 Å². The third-order valence-electron chi connectivity index (χ3n) is 5.36. The zero-order chi connectivity index (χ0) is 20.8. The second kappa shape index (κ2) is 6.84. The lowest BCUT2D eigenvalue weighted by molar-refractivity contribution is 0.0695. The van der Waals surface area contributed by atoms with Crippen molar-refractivity contribution in [3.63, 3.8) is 0 Å². The smallest absolute Gasteiger partial charge is 0.336 e. The van der Waals surface area contributed by atoms with Crippen molar-refractivity contribution < 1.29 is 14.6 Å². The van der Waals surface area contributed by atoms with E-state index in [0.29, 0.717) is 17.7 Å². The van der Waals surface area contributed by atoms with Crippen LogP contribution in [0.1, 0.15) is 32.9 Å². The number of aromatic nitrogens is 3. The fraction of sp³-hybridized carbons (Fsp3) is 0.125. The van der Waals surface area contributed by atoms with Gasteiger partial charge in [-0.05, 0) is 54.5 Å². The van der Waals surface area contributed by atoms with Gasteiger partial charge < -0.3 is 9.84 Å². The Labute approximate surface area is 173 Å². The summed E-state index contributed by atoms with van der Waals surface area (Å²) in [7, 11) is 1.89. The topological polar surface area (TPSA) is 77.2 Å². The fourth-order valence-electron chi connectivity index (χ4n) is 3.94. The summed E-state index contributed by atoms with van der Waals surface area (Å²) in [6, 6.07) is 15.3. The van der Waals surface area contributed by atoms with Crippen LogP contribution in [0, 0.1) is 6.92 Å². The second-order valence-electron chi connectivity index (χ2n) is 7.44. The molecule has 6 nitrogen and oxygen atoms in total. The van der Waals surface area contributed by atoms with Crippen molar-refractivity contribution in [3.8, 4) is 11.5 Å². The number of aryl methyl sites for hydroxylation is 2. The van der Waals surface area contributed by atoms with E-state index >= 15 is 0 Å². The Morgan fingerprint density at radius 1 is 1.10 bits per heavy atom. The first-order chi connectivity index (χ1) is 14.5. The summed E-state index contributed by atoms with van der Waals surface area (Å²) in [5.74, 6) is 0.558. The molecule has 0 saturated carbocycles. The van der Waals surface area contributed by atoms with E-state index in [2.05, 4.69) is 10.1 Å². The SMILES string of the molecule is Cc1ccc(Oc2ccc3c(C4=Cc5nccc(C(=O)O)c5C4)n(C)nc3c2)cc1. The summed E-state index contributed by atoms with van der Waals surface area (Å²) in [5, 5.41) is 15.1. The molecule has 0 bridgehead atoms. The Balaban J connectivity index is 1.50. The van der Waals surface area contributed by atoms with E-state index in [1.54, 1.807) is 6.07 Å². The molecule has 30 heavy (non-hydrogen) atoms. The predicted octanol–water partition coefficient (Wildman–Crippen LogP) is 4.86. The Morgan fingerprint density at radius 2 is 1.87 bits per heavy atom. The van der Waals surface area contributed by atoms with E-state index in [9.17, 15) is 9.90 Å². The average Bonchev–Trinajstić information content (AvgIpc) is 3.28. The highest BCUT2D eigenvalue weighted by Gasteiger charge is 2.24. The van der Waals surface area contributed by atoms with Crippen molar-refractivity contribution in [2.45, 2.75) is 13.3 Å². The quantitative estimate of drug-likeness (QED) is 0.532. The zero-order valence-corrected chi connectivity index (χ0v) is 16.6. The van der Waals surface area contributed by atoms with Gasteiger partial charge in [-0.25, -0.2) is 4.79 Å². The zero-order valence-electron chi connectivity index (χ0n) is 16.6. The van der Waals surface area contributed by atoms with Gasteiger partial charge in [0.2, 0.25) is 0 Å². The van der Waals surface area contributed by atoms with Crippen molar-refractivity contribution in [1.29, 1.82) is 0 Å². The van der Waals surface area contributed by atoms with E-state index in [4.69, 9.17) is 4.74 Å². The van der Waals surface area contributed by atoms with Crippen LogP contribution in [-0.2, 0) is 13.5 Å². The molecule has 1 aliphatic carbocycles. The molecular weight excluding hydrogens is 378 g/mol. The minimum atomic E-state index is -0.934. The van der Waals surface area contributed by atoms with E-state index in [1.807, 2.05) is 67.2 Å². The van der Waals surface area contributed by atoms with Gasteiger partial charge in [-0.15, -0.1) is 0 Å². The van der Waals surface area contributed by atoms with Crippen LogP contribution in [0.4, 0.5) is 0 Å². The number of rotatable bonds is 4. The summed E-state index contributed by atoms with van der Waals surface area (Å²) >= 11 is 0. The molecule has 4 aromatic rings. The molecule has 2 aromatic heterocycles. The largest absolute Gasteiger partial charge is 0.478 e. The number of pyridine rings is 1. The summed E-state index contributed by atoms with van der Waals surface area (Å²) in [6.45, 7) is 2.04. The molecule has 0 fully saturated rings. The molecule has 0 aliphatic heterocycles. The van der Waals surface area contributed by atoms with Crippen LogP contribution in [0.15, 0.2) is 54.7 Å². The van der Waals surface area contributed by atoms with Crippen LogP contribution in [0.3, 0.4) is 0 Å². The van der Waals surface area contributed by atoms with Gasteiger partial charge in [0.05, 0.1) is 22.5 Å². The minimum Gasteiger partial charge on any atom is -0.478 e. The maximum Gasteiger partial charge on any atom is 0.336 e. The third kappa shape index (κ3) is 3.03. The van der Waals surface area contributed by atoms with Gasteiger partial charge in [-0.2, -0.15) is 5.10 Å². The Bertz CT molecular complexity index is 1330. The molecular formula is C24H19N3O3. The van der Waals surface area contributed by atoms with E-state index in [-0.39, 0.29) is 0 Å². The molecule has 6 heteroatoms. The van der Waals surface area contributed by atoms with Gasteiger partial charge in [0.25, 0.3) is 0 Å². The molecule has 148 valence electrons. The van der Waals surface area contributed by atoms with Gasteiger partial charge in [0.15, 0.2) is 0 Å². The molecule has 0 spiro atoms. The number of allylic oxidation sites excluding steroid dienone is 1. The van der Waals surface area contributed by atoms with Crippen molar-refractivity contribution in [1.82, 2.24) is 14.8 Å². The van der Waals surface area contributed by atoms with Crippen LogP contribution in [0.2, 0.25) is 0 Å². The van der Waals surface area contributed by atoms with Crippen molar-refractivity contribution in [2.24, 2.45) is 7.05 Å². The van der Waals surface area contributed by atoms with Crippen LogP contribution < -0.4 is 4.74 Å². The highest BCUT2D eigenvalue weighted by molar-refractivity contribution is 6.00. The van der Waals surface area contributed by atoms with Gasteiger partial charge in [0, 0.05) is 31.1 Å². The lowest BCUT2D eigenvalue weighted by atomic mass is 10.0. The number of nitrogens with zero attached hydrogens (tertiary/aromatic N) is 3. The Hall–Kier alpha value is -3.93. The molecule has 5 rings (SSSR count). The standard InChI is InChI=1S/C24H19N3O3/c1-14-3-5-16(6-4-14)30-17-7-8-19-22(13-17)26-27(2)23(19)15-11-20-18(24(28)29)9-10-25-21(20)12-15/h3-10,12-13H,11H2,1-2H3,(H,28,29). The molecule has 0 amide bonds. The first-order valence-corrected chi connectivity index (χ1v) is 9.63. The number of hydrogen-bond donors (Lipinski definition) is 1. The number of ether oxygens (including phenoxy) is 1. The predicted molar refractivity (Wildman–Crippen MR) is 115 cm³/mol. The molecule has 0 saturated heterocycles. The molecule has 2 aromatic carbocycles. The van der Waals surface area contributed by atoms with Gasteiger partial charge in [-0.3, -0.25) is 9.67 Å². The normalized spacial score (nSPS) is 12.7. The van der Waals surface area contributed by atoms with Crippen molar-refractivity contribution >= 4 is 28.5 Å². The molecule has 0 unspecified atom stereocenters. The first kappa shape index (κ1) is 18.1. The molecule has 0 radical (unpaired) electrons. The molecule has 1 aliphatic rings. The highest BCUT2D eigenvalue weighted by Crippen LogP contribution is 2.36. The number of aromatic carboxylic acids is 1. The van der Waals surface area contributed by atoms with E-state index in [0.717, 1.165) is 39.2 Å². The third-order valence-corrected chi connectivity index (χ3v) is 5.36. The van der Waals surface area contributed by atoms with Crippen LogP contribution >= 0.6 is 0 Å². The first-order valence-electron chi connectivity index (χ1n) is 9.63. The minimum absolute atomic E-state index is 0.298. The monoisotopic (exact) mass is 397 g/mol. The molecule has 1 N–H and O–H groups in total. The number of hydrogen-bond acceptors (Lipinski definition) is 4. The maximum atomic E-state index is 11.6.